The molecule has 2 N–H and O–H groups in total. The van der Waals surface area contributed by atoms with Crippen molar-refractivity contribution in [3.05, 3.63) is 47.8 Å². The Labute approximate surface area is 127 Å². The number of aromatic amines is 1. The third-order valence-electron chi connectivity index (χ3n) is 5.03. The number of benzene rings is 1. The van der Waals surface area contributed by atoms with E-state index < -0.39 is 0 Å². The van der Waals surface area contributed by atoms with Gasteiger partial charge in [0.2, 0.25) is 0 Å². The molecule has 4 nitrogen and oxygen atoms in total. The average Bonchev–Trinajstić information content (AvgIpc) is 3.09. The molecule has 3 aromatic rings. The molecule has 0 atom stereocenters. The van der Waals surface area contributed by atoms with Gasteiger partial charge in [0, 0.05) is 51.9 Å². The molecule has 2 aliphatic rings. The first-order chi connectivity index (χ1) is 10.8. The van der Waals surface area contributed by atoms with Crippen LogP contribution in [0.2, 0.25) is 0 Å². The third-order valence-corrected chi connectivity index (χ3v) is 5.03. The van der Waals surface area contributed by atoms with E-state index in [0.29, 0.717) is 11.0 Å². The molecule has 22 heavy (non-hydrogen) atoms. The fourth-order valence-corrected chi connectivity index (χ4v) is 3.53. The fraction of sp³-hybridized carbons (Fsp3) is 0.222. The van der Waals surface area contributed by atoms with Crippen molar-refractivity contribution in [1.82, 2.24) is 9.97 Å². The van der Waals surface area contributed by atoms with Crippen LogP contribution < -0.4 is 5.32 Å². The van der Waals surface area contributed by atoms with Crippen LogP contribution in [-0.2, 0) is 5.41 Å². The number of nitrogens with one attached hydrogen (secondary N) is 2. The number of hydrogen-bond acceptors (Lipinski definition) is 3. The molecular formula is C18H14N4. The van der Waals surface area contributed by atoms with Crippen molar-refractivity contribution < 1.29 is 0 Å². The van der Waals surface area contributed by atoms with Gasteiger partial charge in [0.1, 0.15) is 5.82 Å². The minimum Gasteiger partial charge on any atom is -0.369 e. The highest BCUT2D eigenvalue weighted by atomic mass is 15.0. The number of aromatic nitrogens is 2. The van der Waals surface area contributed by atoms with E-state index in [-0.39, 0.29) is 0 Å². The van der Waals surface area contributed by atoms with Gasteiger partial charge in [-0.1, -0.05) is 0 Å². The summed E-state index contributed by atoms with van der Waals surface area (Å²) < 4.78 is 0. The zero-order chi connectivity index (χ0) is 14.7. The second-order valence-corrected chi connectivity index (χ2v) is 6.33. The van der Waals surface area contributed by atoms with Crippen molar-refractivity contribution in [3.8, 4) is 17.2 Å². The smallest absolute Gasteiger partial charge is 0.129 e. The molecule has 1 spiro atoms. The molecule has 3 heterocycles. The van der Waals surface area contributed by atoms with Crippen LogP contribution in [0.5, 0.6) is 0 Å². The number of fused-ring (bicyclic) bond motifs is 3. The molecule has 0 saturated heterocycles. The quantitative estimate of drug-likeness (QED) is 0.719. The first kappa shape index (κ1) is 11.8. The average molecular weight is 286 g/mol. The Bertz CT molecular complexity index is 957. The zero-order valence-electron chi connectivity index (χ0n) is 12.0. The number of hydrogen-bond donors (Lipinski definition) is 2. The van der Waals surface area contributed by atoms with Crippen LogP contribution >= 0.6 is 0 Å². The Hall–Kier alpha value is -2.80. The summed E-state index contributed by atoms with van der Waals surface area (Å²) in [6, 6.07) is 10.2. The van der Waals surface area contributed by atoms with Gasteiger partial charge in [-0.05, 0) is 37.1 Å². The second-order valence-electron chi connectivity index (χ2n) is 6.33. The van der Waals surface area contributed by atoms with Crippen molar-refractivity contribution in [2.45, 2.75) is 18.3 Å². The standard InChI is InChI=1S/C18H14N4/c19-7-11-1-2-16-13(5-11)14(9-20-16)12-6-15-17(21-8-12)22-10-18(15)3-4-18/h1-2,5-6,8-9,20H,3-4,10H2,(H,21,22). The Morgan fingerprint density at radius 3 is 2.95 bits per heavy atom. The first-order valence-electron chi connectivity index (χ1n) is 7.55. The lowest BCUT2D eigenvalue weighted by atomic mass is 9.96. The Kier molecular flexibility index (Phi) is 2.09. The topological polar surface area (TPSA) is 64.5 Å². The monoisotopic (exact) mass is 286 g/mol. The molecule has 1 aliphatic carbocycles. The SMILES string of the molecule is N#Cc1ccc2[nH]cc(-c3cnc4c(c3)C3(CC3)CN4)c2c1. The van der Waals surface area contributed by atoms with Crippen molar-refractivity contribution >= 4 is 16.7 Å². The molecule has 4 heteroatoms. The zero-order valence-corrected chi connectivity index (χ0v) is 12.0. The molecule has 1 saturated carbocycles. The van der Waals surface area contributed by atoms with E-state index in [1.165, 1.54) is 18.4 Å². The predicted molar refractivity (Wildman–Crippen MR) is 85.6 cm³/mol. The summed E-state index contributed by atoms with van der Waals surface area (Å²) in [6.45, 7) is 1.02. The van der Waals surface area contributed by atoms with Gasteiger partial charge >= 0.3 is 0 Å². The lowest BCUT2D eigenvalue weighted by Gasteiger charge is -2.07. The normalized spacial score (nSPS) is 17.2. The number of pyridine rings is 1. The van der Waals surface area contributed by atoms with E-state index in [9.17, 15) is 0 Å². The summed E-state index contributed by atoms with van der Waals surface area (Å²) in [5.41, 5.74) is 5.66. The van der Waals surface area contributed by atoms with Gasteiger partial charge in [-0.2, -0.15) is 5.26 Å². The maximum Gasteiger partial charge on any atom is 0.129 e. The molecule has 106 valence electrons. The molecule has 2 aromatic heterocycles. The predicted octanol–water partition coefficient (Wildman–Crippen LogP) is 3.56. The van der Waals surface area contributed by atoms with Gasteiger partial charge in [0.05, 0.1) is 11.6 Å². The largest absolute Gasteiger partial charge is 0.369 e. The van der Waals surface area contributed by atoms with Gasteiger partial charge in [-0.3, -0.25) is 0 Å². The Morgan fingerprint density at radius 2 is 2.14 bits per heavy atom. The van der Waals surface area contributed by atoms with E-state index in [0.717, 1.165) is 34.4 Å². The Balaban J connectivity index is 1.71. The lowest BCUT2D eigenvalue weighted by molar-refractivity contribution is 0.778. The van der Waals surface area contributed by atoms with Crippen molar-refractivity contribution in [3.63, 3.8) is 0 Å². The van der Waals surface area contributed by atoms with Crippen LogP contribution in [0.15, 0.2) is 36.7 Å². The summed E-state index contributed by atoms with van der Waals surface area (Å²) in [5.74, 6) is 1.04. The van der Waals surface area contributed by atoms with Crippen molar-refractivity contribution in [1.29, 1.82) is 5.26 Å². The summed E-state index contributed by atoms with van der Waals surface area (Å²) >= 11 is 0. The van der Waals surface area contributed by atoms with Crippen LogP contribution in [0.25, 0.3) is 22.0 Å². The molecule has 1 aromatic carbocycles. The van der Waals surface area contributed by atoms with Crippen molar-refractivity contribution in [2.24, 2.45) is 0 Å². The van der Waals surface area contributed by atoms with E-state index in [4.69, 9.17) is 5.26 Å². The molecule has 0 amide bonds. The number of H-pyrrole nitrogens is 1. The molecule has 0 bridgehead atoms. The summed E-state index contributed by atoms with van der Waals surface area (Å²) in [7, 11) is 0. The highest BCUT2D eigenvalue weighted by Crippen LogP contribution is 2.54. The minimum atomic E-state index is 0.336. The van der Waals surface area contributed by atoms with Gasteiger partial charge in [0.25, 0.3) is 0 Å². The highest BCUT2D eigenvalue weighted by molar-refractivity contribution is 5.96. The van der Waals surface area contributed by atoms with E-state index in [1.807, 2.05) is 30.6 Å². The third kappa shape index (κ3) is 1.48. The van der Waals surface area contributed by atoms with Crippen molar-refractivity contribution in [2.75, 3.05) is 11.9 Å². The van der Waals surface area contributed by atoms with E-state index in [1.54, 1.807) is 0 Å². The molecule has 1 aliphatic heterocycles. The van der Waals surface area contributed by atoms with Crippen LogP contribution in [0.3, 0.4) is 0 Å². The van der Waals surface area contributed by atoms with Gasteiger partial charge < -0.3 is 10.3 Å². The maximum atomic E-state index is 9.12. The molecule has 5 rings (SSSR count). The van der Waals surface area contributed by atoms with Gasteiger partial charge in [-0.25, -0.2) is 4.98 Å². The van der Waals surface area contributed by atoms with Gasteiger partial charge in [-0.15, -0.1) is 0 Å². The number of anilines is 1. The first-order valence-corrected chi connectivity index (χ1v) is 7.55. The van der Waals surface area contributed by atoms with Crippen LogP contribution in [-0.4, -0.2) is 16.5 Å². The number of nitrogens with zero attached hydrogens (tertiary/aromatic N) is 2. The Morgan fingerprint density at radius 1 is 1.23 bits per heavy atom. The lowest BCUT2D eigenvalue weighted by Crippen LogP contribution is -2.08. The molecule has 0 radical (unpaired) electrons. The maximum absolute atomic E-state index is 9.12. The second kappa shape index (κ2) is 3.89. The molecule has 1 fully saturated rings. The highest BCUT2D eigenvalue weighted by Gasteiger charge is 2.49. The summed E-state index contributed by atoms with van der Waals surface area (Å²) in [4.78, 5) is 7.90. The van der Waals surface area contributed by atoms with E-state index in [2.05, 4.69) is 27.4 Å². The minimum absolute atomic E-state index is 0.336. The number of nitriles is 1. The van der Waals surface area contributed by atoms with E-state index >= 15 is 0 Å². The molecule has 0 unspecified atom stereocenters. The van der Waals surface area contributed by atoms with Crippen LogP contribution in [0.4, 0.5) is 5.82 Å². The summed E-state index contributed by atoms with van der Waals surface area (Å²) in [6.07, 6.45) is 6.45. The van der Waals surface area contributed by atoms with Gasteiger partial charge in [0.15, 0.2) is 0 Å². The fourth-order valence-electron chi connectivity index (χ4n) is 3.53. The van der Waals surface area contributed by atoms with Crippen LogP contribution in [0, 0.1) is 11.3 Å². The number of rotatable bonds is 1. The van der Waals surface area contributed by atoms with Crippen LogP contribution in [0.1, 0.15) is 24.0 Å². The summed E-state index contributed by atoms with van der Waals surface area (Å²) in [5, 5.41) is 13.6. The molecular weight excluding hydrogens is 272 g/mol.